The molecule has 1 atom stereocenters. The van der Waals surface area contributed by atoms with Crippen LogP contribution in [0.4, 0.5) is 5.13 Å². The number of furan rings is 1. The Morgan fingerprint density at radius 2 is 1.88 bits per heavy atom. The molecule has 1 unspecified atom stereocenters. The summed E-state index contributed by atoms with van der Waals surface area (Å²) in [5, 5.41) is 11.7. The number of aromatic nitrogens is 1. The summed E-state index contributed by atoms with van der Waals surface area (Å²) in [6, 6.07) is 15.1. The molecule has 32 heavy (non-hydrogen) atoms. The molecule has 6 nitrogen and oxygen atoms in total. The number of amides is 1. The summed E-state index contributed by atoms with van der Waals surface area (Å²) in [5.41, 5.74) is 2.34. The lowest BCUT2D eigenvalue weighted by atomic mass is 9.94. The van der Waals surface area contributed by atoms with Crippen LogP contribution in [0, 0.1) is 13.8 Å². The van der Waals surface area contributed by atoms with Crippen molar-refractivity contribution in [1.82, 2.24) is 4.98 Å². The van der Waals surface area contributed by atoms with Crippen LogP contribution in [-0.2, 0) is 4.79 Å². The van der Waals surface area contributed by atoms with Crippen molar-refractivity contribution in [2.45, 2.75) is 19.9 Å². The molecule has 160 valence electrons. The molecule has 0 saturated heterocycles. The Morgan fingerprint density at radius 1 is 1.12 bits per heavy atom. The van der Waals surface area contributed by atoms with Crippen LogP contribution in [0.3, 0.4) is 0 Å². The van der Waals surface area contributed by atoms with E-state index in [0.29, 0.717) is 27.0 Å². The molecule has 1 aliphatic heterocycles. The van der Waals surface area contributed by atoms with E-state index in [1.54, 1.807) is 31.2 Å². The third-order valence-corrected chi connectivity index (χ3v) is 6.61. The molecule has 3 heterocycles. The van der Waals surface area contributed by atoms with Gasteiger partial charge in [0.1, 0.15) is 5.76 Å². The van der Waals surface area contributed by atoms with Crippen molar-refractivity contribution < 1.29 is 19.1 Å². The van der Waals surface area contributed by atoms with E-state index >= 15 is 0 Å². The Bertz CT molecular complexity index is 1420. The van der Waals surface area contributed by atoms with E-state index in [1.807, 2.05) is 31.2 Å². The molecule has 8 heteroatoms. The number of anilines is 1. The molecular weight excluding hydrogens is 448 g/mol. The van der Waals surface area contributed by atoms with Crippen LogP contribution < -0.4 is 4.90 Å². The van der Waals surface area contributed by atoms with E-state index in [-0.39, 0.29) is 11.3 Å². The van der Waals surface area contributed by atoms with Crippen LogP contribution in [0.2, 0.25) is 5.02 Å². The van der Waals surface area contributed by atoms with Crippen LogP contribution >= 0.6 is 22.9 Å². The minimum atomic E-state index is -0.850. The Kier molecular flexibility index (Phi) is 4.87. The second-order valence-corrected chi connectivity index (χ2v) is 9.04. The van der Waals surface area contributed by atoms with Gasteiger partial charge in [-0.15, -0.1) is 0 Å². The molecule has 0 spiro atoms. The highest BCUT2D eigenvalue weighted by Gasteiger charge is 2.46. The van der Waals surface area contributed by atoms with Gasteiger partial charge in [-0.1, -0.05) is 52.8 Å². The predicted octanol–water partition coefficient (Wildman–Crippen LogP) is 5.94. The number of aliphatic hydroxyl groups is 1. The summed E-state index contributed by atoms with van der Waals surface area (Å²) in [7, 11) is 0. The highest BCUT2D eigenvalue weighted by Crippen LogP contribution is 2.44. The first-order chi connectivity index (χ1) is 15.3. The van der Waals surface area contributed by atoms with Crippen molar-refractivity contribution in [2.24, 2.45) is 0 Å². The molecule has 1 amide bonds. The van der Waals surface area contributed by atoms with Crippen molar-refractivity contribution in [3.05, 3.63) is 93.6 Å². The third kappa shape index (κ3) is 3.30. The lowest BCUT2D eigenvalue weighted by Crippen LogP contribution is -2.30. The number of thiazole rings is 1. The number of fused-ring (bicyclic) bond motifs is 1. The number of carbonyl (C=O) groups is 2. The van der Waals surface area contributed by atoms with Gasteiger partial charge in [0.25, 0.3) is 5.91 Å². The Labute approximate surface area is 192 Å². The standard InChI is InChI=1S/C24H17ClN2O4S/c1-12-3-6-14(7-4-12)20-19(21(28)17-10-5-13(2)31-17)22(29)23(30)27(20)24-26-16-9-8-15(25)11-18(16)32-24/h3-11,20,29H,1-2H3. The van der Waals surface area contributed by atoms with E-state index in [4.69, 9.17) is 16.0 Å². The smallest absolute Gasteiger partial charge is 0.296 e. The van der Waals surface area contributed by atoms with Gasteiger partial charge in [-0.2, -0.15) is 0 Å². The summed E-state index contributed by atoms with van der Waals surface area (Å²) < 4.78 is 6.29. The van der Waals surface area contributed by atoms with Crippen LogP contribution in [-0.4, -0.2) is 21.8 Å². The van der Waals surface area contributed by atoms with E-state index < -0.39 is 23.5 Å². The number of carbonyl (C=O) groups excluding carboxylic acids is 2. The first-order valence-corrected chi connectivity index (χ1v) is 11.0. The Hall–Kier alpha value is -3.42. The number of halogens is 1. The molecule has 4 aromatic rings. The van der Waals surface area contributed by atoms with Gasteiger partial charge in [-0.05, 0) is 49.7 Å². The zero-order valence-electron chi connectivity index (χ0n) is 17.1. The van der Waals surface area contributed by atoms with E-state index in [1.165, 1.54) is 22.3 Å². The predicted molar refractivity (Wildman–Crippen MR) is 123 cm³/mol. The fourth-order valence-electron chi connectivity index (χ4n) is 3.78. The topological polar surface area (TPSA) is 83.6 Å². The van der Waals surface area contributed by atoms with Gasteiger partial charge in [0.2, 0.25) is 5.78 Å². The van der Waals surface area contributed by atoms with Gasteiger partial charge in [0.05, 0.1) is 21.8 Å². The number of rotatable bonds is 4. The number of hydrogen-bond donors (Lipinski definition) is 1. The van der Waals surface area contributed by atoms with Gasteiger partial charge >= 0.3 is 0 Å². The van der Waals surface area contributed by atoms with Gasteiger partial charge in [0, 0.05) is 5.02 Å². The number of Topliss-reactive ketones (excluding diaryl/α,β-unsaturated/α-hetero) is 1. The zero-order valence-corrected chi connectivity index (χ0v) is 18.7. The number of nitrogens with zero attached hydrogens (tertiary/aromatic N) is 2. The van der Waals surface area contributed by atoms with E-state index in [9.17, 15) is 14.7 Å². The molecule has 1 aliphatic rings. The van der Waals surface area contributed by atoms with Crippen molar-refractivity contribution in [3.8, 4) is 0 Å². The molecule has 0 saturated carbocycles. The highest BCUT2D eigenvalue weighted by atomic mass is 35.5. The first kappa shape index (κ1) is 20.5. The molecule has 5 rings (SSSR count). The van der Waals surface area contributed by atoms with Crippen molar-refractivity contribution in [1.29, 1.82) is 0 Å². The van der Waals surface area contributed by atoms with Crippen LogP contribution in [0.5, 0.6) is 0 Å². The number of aliphatic hydroxyl groups excluding tert-OH is 1. The SMILES string of the molecule is Cc1ccc(C2C(C(=O)c3ccc(C)o3)=C(O)C(=O)N2c2nc3ccc(Cl)cc3s2)cc1. The lowest BCUT2D eigenvalue weighted by molar-refractivity contribution is -0.117. The number of hydrogen-bond acceptors (Lipinski definition) is 6. The second kappa shape index (κ2) is 7.62. The fourth-order valence-corrected chi connectivity index (χ4v) is 5.05. The maximum absolute atomic E-state index is 13.3. The Balaban J connectivity index is 1.68. The number of benzene rings is 2. The normalized spacial score (nSPS) is 16.4. The van der Waals surface area contributed by atoms with Gasteiger partial charge in [-0.25, -0.2) is 4.98 Å². The van der Waals surface area contributed by atoms with Gasteiger partial charge in [-0.3, -0.25) is 14.5 Å². The lowest BCUT2D eigenvalue weighted by Gasteiger charge is -2.24. The molecule has 1 N–H and O–H groups in total. The quantitative estimate of drug-likeness (QED) is 0.378. The summed E-state index contributed by atoms with van der Waals surface area (Å²) >= 11 is 7.38. The molecular formula is C24H17ClN2O4S. The van der Waals surface area contributed by atoms with Gasteiger partial charge in [0.15, 0.2) is 16.7 Å². The molecule has 0 fully saturated rings. The van der Waals surface area contributed by atoms with Crippen LogP contribution in [0.1, 0.15) is 33.5 Å². The van der Waals surface area contributed by atoms with Crippen molar-refractivity contribution in [2.75, 3.05) is 4.90 Å². The van der Waals surface area contributed by atoms with Crippen molar-refractivity contribution in [3.63, 3.8) is 0 Å². The average Bonchev–Trinajstić information content (AvgIpc) is 3.44. The maximum atomic E-state index is 13.3. The monoisotopic (exact) mass is 464 g/mol. The van der Waals surface area contributed by atoms with E-state index in [2.05, 4.69) is 4.98 Å². The van der Waals surface area contributed by atoms with Crippen LogP contribution in [0.15, 0.2) is 70.3 Å². The maximum Gasteiger partial charge on any atom is 0.296 e. The third-order valence-electron chi connectivity index (χ3n) is 5.36. The minimum absolute atomic E-state index is 0.0366. The molecule has 0 aliphatic carbocycles. The molecule has 0 radical (unpaired) electrons. The highest BCUT2D eigenvalue weighted by molar-refractivity contribution is 7.22. The molecule has 2 aromatic heterocycles. The summed E-state index contributed by atoms with van der Waals surface area (Å²) in [5.74, 6) is -1.21. The van der Waals surface area contributed by atoms with Crippen LogP contribution in [0.25, 0.3) is 10.2 Å². The summed E-state index contributed by atoms with van der Waals surface area (Å²) in [6.45, 7) is 3.67. The Morgan fingerprint density at radius 3 is 2.56 bits per heavy atom. The average molecular weight is 465 g/mol. The minimum Gasteiger partial charge on any atom is -0.503 e. The second-order valence-electron chi connectivity index (χ2n) is 7.60. The fraction of sp³-hybridized carbons (Fsp3) is 0.125. The summed E-state index contributed by atoms with van der Waals surface area (Å²) in [6.07, 6.45) is 0. The molecule has 2 aromatic carbocycles. The first-order valence-electron chi connectivity index (χ1n) is 9.84. The van der Waals surface area contributed by atoms with Crippen molar-refractivity contribution >= 4 is 50.0 Å². The number of aryl methyl sites for hydroxylation is 2. The zero-order chi connectivity index (χ0) is 22.6. The largest absolute Gasteiger partial charge is 0.503 e. The van der Waals surface area contributed by atoms with E-state index in [0.717, 1.165) is 10.3 Å². The summed E-state index contributed by atoms with van der Waals surface area (Å²) in [4.78, 5) is 32.5. The van der Waals surface area contributed by atoms with Gasteiger partial charge < -0.3 is 9.52 Å². The number of ketones is 1. The molecule has 0 bridgehead atoms.